The van der Waals surface area contributed by atoms with Crippen LogP contribution in [0.15, 0.2) is 54.6 Å². The van der Waals surface area contributed by atoms with Crippen molar-refractivity contribution >= 4 is 28.9 Å². The Bertz CT molecular complexity index is 1920. The molecule has 3 aromatic carbocycles. The molecule has 4 aromatic rings. The summed E-state index contributed by atoms with van der Waals surface area (Å²) in [7, 11) is 4.79. The van der Waals surface area contributed by atoms with Crippen molar-refractivity contribution in [1.82, 2.24) is 19.8 Å². The van der Waals surface area contributed by atoms with Crippen LogP contribution in [0.4, 0.5) is 4.79 Å². The van der Waals surface area contributed by atoms with Crippen LogP contribution in [0, 0.1) is 0 Å². The van der Waals surface area contributed by atoms with Crippen molar-refractivity contribution in [2.75, 3.05) is 41.0 Å². The summed E-state index contributed by atoms with van der Waals surface area (Å²) in [6.07, 6.45) is 4.68. The van der Waals surface area contributed by atoms with E-state index in [1.54, 1.807) is 26.2 Å². The second-order valence-electron chi connectivity index (χ2n) is 14.3. The minimum atomic E-state index is -0.794. The molecule has 1 fully saturated rings. The van der Waals surface area contributed by atoms with Gasteiger partial charge in [-0.2, -0.15) is 0 Å². The maximum absolute atomic E-state index is 14.5. The molecule has 2 heterocycles. The molecule has 0 saturated heterocycles. The van der Waals surface area contributed by atoms with Gasteiger partial charge in [-0.1, -0.05) is 43.5 Å². The highest BCUT2D eigenvalue weighted by molar-refractivity contribution is 6.18. The number of nitrogens with zero attached hydrogens (tertiary/aromatic N) is 3. The predicted molar refractivity (Wildman–Crippen MR) is 195 cm³/mol. The third kappa shape index (κ3) is 7.11. The highest BCUT2D eigenvalue weighted by Crippen LogP contribution is 2.47. The van der Waals surface area contributed by atoms with Crippen molar-refractivity contribution < 1.29 is 33.3 Å². The lowest BCUT2D eigenvalue weighted by molar-refractivity contribution is -0.137. The normalized spacial score (nSPS) is 15.5. The Morgan fingerprint density at radius 3 is 2.33 bits per heavy atom. The molecular weight excluding hydrogens is 648 g/mol. The Morgan fingerprint density at radius 1 is 0.902 bits per heavy atom. The Kier molecular flexibility index (Phi) is 10.3. The number of rotatable bonds is 11. The maximum atomic E-state index is 14.5. The van der Waals surface area contributed by atoms with E-state index in [0.717, 1.165) is 41.5 Å². The van der Waals surface area contributed by atoms with Crippen LogP contribution in [-0.2, 0) is 21.4 Å². The summed E-state index contributed by atoms with van der Waals surface area (Å²) in [5, 5.41) is 0. The molecule has 1 saturated carbocycles. The smallest absolute Gasteiger partial charge is 0.410 e. The molecule has 1 aliphatic carbocycles. The molecule has 1 spiro atoms. The predicted octanol–water partition coefficient (Wildman–Crippen LogP) is 7.31. The summed E-state index contributed by atoms with van der Waals surface area (Å²) in [6, 6.07) is 17.2. The minimum absolute atomic E-state index is 0.159. The molecule has 51 heavy (non-hydrogen) atoms. The largest absolute Gasteiger partial charge is 0.496 e. The summed E-state index contributed by atoms with van der Waals surface area (Å²) >= 11 is 0. The number of imide groups is 1. The van der Waals surface area contributed by atoms with Crippen LogP contribution in [0.2, 0.25) is 0 Å². The first-order chi connectivity index (χ1) is 24.5. The number of benzene rings is 3. The van der Waals surface area contributed by atoms with Crippen molar-refractivity contribution in [2.24, 2.45) is 0 Å². The minimum Gasteiger partial charge on any atom is -0.496 e. The highest BCUT2D eigenvalue weighted by atomic mass is 16.6. The summed E-state index contributed by atoms with van der Waals surface area (Å²) in [4.78, 5) is 53.8. The number of hydrogen-bond acceptors (Lipinski definition) is 8. The van der Waals surface area contributed by atoms with Gasteiger partial charge in [0.2, 0.25) is 5.91 Å². The van der Waals surface area contributed by atoms with Gasteiger partial charge in [0, 0.05) is 19.6 Å². The van der Waals surface area contributed by atoms with E-state index in [1.807, 2.05) is 75.4 Å². The third-order valence-corrected chi connectivity index (χ3v) is 9.93. The number of amides is 3. The number of hydrogen-bond donors (Lipinski definition) is 1. The van der Waals surface area contributed by atoms with E-state index in [1.165, 1.54) is 4.90 Å². The number of aromatic nitrogens is 2. The van der Waals surface area contributed by atoms with E-state index < -0.39 is 17.1 Å². The molecule has 0 radical (unpaired) electrons. The molecule has 11 nitrogen and oxygen atoms in total. The summed E-state index contributed by atoms with van der Waals surface area (Å²) in [6.45, 7) is 6.33. The lowest BCUT2D eigenvalue weighted by Gasteiger charge is -2.44. The van der Waals surface area contributed by atoms with Crippen molar-refractivity contribution in [1.29, 1.82) is 0 Å². The van der Waals surface area contributed by atoms with Crippen molar-refractivity contribution in [2.45, 2.75) is 76.7 Å². The second-order valence-corrected chi connectivity index (χ2v) is 14.3. The lowest BCUT2D eigenvalue weighted by Crippen LogP contribution is -2.55. The fourth-order valence-electron chi connectivity index (χ4n) is 7.44. The van der Waals surface area contributed by atoms with E-state index in [2.05, 4.69) is 4.98 Å². The summed E-state index contributed by atoms with van der Waals surface area (Å²) < 4.78 is 22.2. The SMILES string of the molecule is COc1ccc(CCN(CCCN2C(=O)c3c(ccc4[nH]c(-c5ccccc5OC)nc34)C3(CCCCC3)C2=O)C(=O)OC(C)(C)C)cc1OC. The molecule has 3 amide bonds. The number of aromatic amines is 1. The number of H-pyrrole nitrogens is 1. The van der Waals surface area contributed by atoms with Gasteiger partial charge < -0.3 is 28.8 Å². The fraction of sp³-hybridized carbons (Fsp3) is 0.450. The first kappa shape index (κ1) is 35.8. The summed E-state index contributed by atoms with van der Waals surface area (Å²) in [5.74, 6) is 1.98. The molecule has 1 aromatic heterocycles. The molecule has 0 bridgehead atoms. The molecule has 6 rings (SSSR count). The van der Waals surface area contributed by atoms with Crippen LogP contribution in [0.3, 0.4) is 0 Å². The van der Waals surface area contributed by atoms with Crippen LogP contribution < -0.4 is 14.2 Å². The van der Waals surface area contributed by atoms with Crippen molar-refractivity contribution in [3.8, 4) is 28.6 Å². The van der Waals surface area contributed by atoms with Crippen LogP contribution in [-0.4, -0.2) is 84.2 Å². The number of methoxy groups -OCH3 is 3. The molecule has 0 atom stereocenters. The van der Waals surface area contributed by atoms with Crippen LogP contribution in [0.1, 0.15) is 80.8 Å². The van der Waals surface area contributed by atoms with Gasteiger partial charge in [-0.15, -0.1) is 0 Å². The Labute approximate surface area is 299 Å². The van der Waals surface area contributed by atoms with E-state index in [0.29, 0.717) is 72.9 Å². The van der Waals surface area contributed by atoms with E-state index in [9.17, 15) is 14.4 Å². The molecule has 0 unspecified atom stereocenters. The molecule has 11 heteroatoms. The van der Waals surface area contributed by atoms with Gasteiger partial charge in [-0.25, -0.2) is 9.78 Å². The number of para-hydroxylation sites is 1. The van der Waals surface area contributed by atoms with Crippen LogP contribution in [0.25, 0.3) is 22.4 Å². The van der Waals surface area contributed by atoms with E-state index in [4.69, 9.17) is 23.9 Å². The first-order valence-electron chi connectivity index (χ1n) is 17.7. The summed E-state index contributed by atoms with van der Waals surface area (Å²) in [5.41, 5.74) is 2.77. The highest BCUT2D eigenvalue weighted by Gasteiger charge is 2.51. The number of nitrogens with one attached hydrogen (secondary N) is 1. The first-order valence-corrected chi connectivity index (χ1v) is 17.7. The Morgan fingerprint density at radius 2 is 1.63 bits per heavy atom. The maximum Gasteiger partial charge on any atom is 0.410 e. The zero-order valence-electron chi connectivity index (χ0n) is 30.5. The second kappa shape index (κ2) is 14.7. The monoisotopic (exact) mass is 696 g/mol. The van der Waals surface area contributed by atoms with Gasteiger partial charge in [-0.3, -0.25) is 14.5 Å². The average Bonchev–Trinajstić information content (AvgIpc) is 3.57. The lowest BCUT2D eigenvalue weighted by atomic mass is 9.65. The number of fused-ring (bicyclic) bond motifs is 4. The molecule has 270 valence electrons. The van der Waals surface area contributed by atoms with E-state index >= 15 is 0 Å². The average molecular weight is 697 g/mol. The van der Waals surface area contributed by atoms with Gasteiger partial charge in [0.15, 0.2) is 11.5 Å². The molecule has 2 aliphatic rings. The number of carbonyl (C=O) groups is 3. The quantitative estimate of drug-likeness (QED) is 0.162. The molecular formula is C40H48N4O7. The van der Waals surface area contributed by atoms with Gasteiger partial charge in [0.25, 0.3) is 5.91 Å². The molecule has 1 aliphatic heterocycles. The van der Waals surface area contributed by atoms with Crippen molar-refractivity contribution in [3.63, 3.8) is 0 Å². The van der Waals surface area contributed by atoms with Crippen LogP contribution in [0.5, 0.6) is 17.2 Å². The number of imidazole rings is 1. The van der Waals surface area contributed by atoms with E-state index in [-0.39, 0.29) is 18.4 Å². The Balaban J connectivity index is 1.28. The topological polar surface area (TPSA) is 123 Å². The number of carbonyl (C=O) groups excluding carboxylic acids is 3. The fourth-order valence-corrected chi connectivity index (χ4v) is 7.44. The van der Waals surface area contributed by atoms with Crippen molar-refractivity contribution in [3.05, 3.63) is 71.3 Å². The molecule has 1 N–H and O–H groups in total. The standard InChI is InChI=1S/C40H48N4O7/c1-39(2,3)51-38(47)43(24-19-26-15-18-31(49-5)32(25-26)50-6)22-12-23-44-36(45)33-28(40(37(44)46)20-10-7-11-21-40)16-17-29-34(33)42-35(41-29)27-13-8-9-14-30(27)48-4/h8-9,13-18,25H,7,10-12,19-24H2,1-6H3,(H,41,42). The van der Waals surface area contributed by atoms with Gasteiger partial charge >= 0.3 is 6.09 Å². The zero-order valence-corrected chi connectivity index (χ0v) is 30.5. The van der Waals surface area contributed by atoms with Gasteiger partial charge in [0.05, 0.1) is 43.4 Å². The van der Waals surface area contributed by atoms with Gasteiger partial charge in [-0.05, 0) is 87.9 Å². The third-order valence-electron chi connectivity index (χ3n) is 9.93. The van der Waals surface area contributed by atoms with Crippen LogP contribution >= 0.6 is 0 Å². The van der Waals surface area contributed by atoms with Gasteiger partial charge in [0.1, 0.15) is 22.7 Å². The Hall–Kier alpha value is -5.06. The zero-order chi connectivity index (χ0) is 36.3. The number of ether oxygens (including phenoxy) is 4.